The first-order valence-electron chi connectivity index (χ1n) is 13.3. The Bertz CT molecular complexity index is 1550. The number of urea groups is 1. The van der Waals surface area contributed by atoms with Gasteiger partial charge in [-0.2, -0.15) is 5.01 Å². The van der Waals surface area contributed by atoms with Gasteiger partial charge in [0.1, 0.15) is 12.2 Å². The summed E-state index contributed by atoms with van der Waals surface area (Å²) in [6, 6.07) is 27.8. The SMILES string of the molecule is CN(C(=O)NCc1ccccc1)N1CC(=O)N2[C@@H](c3ccccc3)C(=O)N(Cc3ccc4cccnc4c3)C[C@@H]21. The maximum atomic E-state index is 14.0. The third-order valence-electron chi connectivity index (χ3n) is 7.58. The molecule has 4 aromatic rings. The Labute approximate surface area is 232 Å². The zero-order valence-corrected chi connectivity index (χ0v) is 22.2. The first-order valence-corrected chi connectivity index (χ1v) is 13.3. The monoisotopic (exact) mass is 534 g/mol. The molecule has 2 aliphatic rings. The standard InChI is InChI=1S/C31H30N6O3/c1-34(31(40)33-18-22-9-4-2-5-10-22)36-21-28(38)37-27(36)20-35(30(39)29(37)25-11-6-3-7-12-25)19-23-14-15-24-13-8-16-32-26(24)17-23/h2-17,27,29H,18-21H2,1H3,(H,33,40)/t27-,29+/m1/s1. The number of rotatable bonds is 6. The molecule has 3 heterocycles. The lowest BCUT2D eigenvalue weighted by atomic mass is 10.00. The summed E-state index contributed by atoms with van der Waals surface area (Å²) >= 11 is 0. The van der Waals surface area contributed by atoms with Gasteiger partial charge < -0.3 is 15.1 Å². The number of nitrogens with one attached hydrogen (secondary N) is 1. The Hall–Kier alpha value is -4.76. The predicted octanol–water partition coefficient (Wildman–Crippen LogP) is 3.55. The molecule has 4 amide bonds. The average molecular weight is 535 g/mol. The van der Waals surface area contributed by atoms with E-state index in [1.807, 2.05) is 91.0 Å². The van der Waals surface area contributed by atoms with Crippen molar-refractivity contribution in [3.8, 4) is 0 Å². The lowest BCUT2D eigenvalue weighted by molar-refractivity contribution is -0.157. The first-order chi connectivity index (χ1) is 19.5. The smallest absolute Gasteiger partial charge is 0.332 e. The predicted molar refractivity (Wildman–Crippen MR) is 150 cm³/mol. The number of piperazine rings is 1. The van der Waals surface area contributed by atoms with Gasteiger partial charge in [0, 0.05) is 31.7 Å². The molecule has 1 aromatic heterocycles. The number of pyridine rings is 1. The molecule has 9 nitrogen and oxygen atoms in total. The number of hydrogen-bond acceptors (Lipinski definition) is 5. The van der Waals surface area contributed by atoms with Crippen LogP contribution in [0.5, 0.6) is 0 Å². The lowest BCUT2D eigenvalue weighted by Crippen LogP contribution is -2.62. The highest BCUT2D eigenvalue weighted by Crippen LogP contribution is 2.36. The topological polar surface area (TPSA) is 89.1 Å². The lowest BCUT2D eigenvalue weighted by Gasteiger charge is -2.45. The average Bonchev–Trinajstić information content (AvgIpc) is 3.32. The summed E-state index contributed by atoms with van der Waals surface area (Å²) < 4.78 is 0. The summed E-state index contributed by atoms with van der Waals surface area (Å²) in [5, 5.41) is 7.17. The van der Waals surface area contributed by atoms with Crippen molar-refractivity contribution in [1.82, 2.24) is 30.1 Å². The fraction of sp³-hybridized carbons (Fsp3) is 0.226. The molecule has 2 aliphatic heterocycles. The second-order valence-corrected chi connectivity index (χ2v) is 10.1. The number of aromatic nitrogens is 1. The van der Waals surface area contributed by atoms with Crippen LogP contribution in [0, 0.1) is 0 Å². The molecule has 0 bridgehead atoms. The van der Waals surface area contributed by atoms with Gasteiger partial charge in [-0.15, -0.1) is 0 Å². The van der Waals surface area contributed by atoms with Gasteiger partial charge in [-0.25, -0.2) is 4.79 Å². The van der Waals surface area contributed by atoms with E-state index in [1.165, 1.54) is 5.01 Å². The van der Waals surface area contributed by atoms with Gasteiger partial charge in [-0.3, -0.25) is 19.6 Å². The number of carbonyl (C=O) groups is 3. The normalized spacial score (nSPS) is 19.1. The fourth-order valence-electron chi connectivity index (χ4n) is 5.54. The van der Waals surface area contributed by atoms with Gasteiger partial charge in [0.2, 0.25) is 5.91 Å². The summed E-state index contributed by atoms with van der Waals surface area (Å²) in [6.07, 6.45) is 1.25. The van der Waals surface area contributed by atoms with Gasteiger partial charge >= 0.3 is 6.03 Å². The van der Waals surface area contributed by atoms with E-state index in [1.54, 1.807) is 28.1 Å². The molecule has 0 unspecified atom stereocenters. The molecule has 6 rings (SSSR count). The van der Waals surface area contributed by atoms with Crippen molar-refractivity contribution >= 4 is 28.7 Å². The summed E-state index contributed by atoms with van der Waals surface area (Å²) in [7, 11) is 1.66. The minimum atomic E-state index is -0.781. The van der Waals surface area contributed by atoms with Crippen LogP contribution in [-0.4, -0.2) is 69.0 Å². The summed E-state index contributed by atoms with van der Waals surface area (Å²) in [6.45, 7) is 1.01. The van der Waals surface area contributed by atoms with Gasteiger partial charge in [0.05, 0.1) is 18.6 Å². The van der Waals surface area contributed by atoms with E-state index in [0.29, 0.717) is 13.1 Å². The molecular formula is C31H30N6O3. The second-order valence-electron chi connectivity index (χ2n) is 10.1. The quantitative estimate of drug-likeness (QED) is 0.409. The minimum absolute atomic E-state index is 0.00424. The minimum Gasteiger partial charge on any atom is -0.333 e. The molecule has 0 spiro atoms. The van der Waals surface area contributed by atoms with Crippen molar-refractivity contribution in [2.45, 2.75) is 25.3 Å². The molecule has 9 heteroatoms. The van der Waals surface area contributed by atoms with Crippen LogP contribution < -0.4 is 5.32 Å². The summed E-state index contributed by atoms with van der Waals surface area (Å²) in [5.41, 5.74) is 3.53. The van der Waals surface area contributed by atoms with Crippen LogP contribution >= 0.6 is 0 Å². The van der Waals surface area contributed by atoms with Crippen LogP contribution in [-0.2, 0) is 22.7 Å². The molecule has 0 aliphatic carbocycles. The maximum Gasteiger partial charge on any atom is 0.332 e. The Morgan fingerprint density at radius 1 is 0.950 bits per heavy atom. The third kappa shape index (κ3) is 4.87. The zero-order valence-electron chi connectivity index (χ0n) is 22.2. The molecule has 1 N–H and O–H groups in total. The molecule has 0 radical (unpaired) electrons. The molecule has 2 atom stereocenters. The van der Waals surface area contributed by atoms with Gasteiger partial charge in [0.25, 0.3) is 5.91 Å². The van der Waals surface area contributed by atoms with E-state index in [2.05, 4.69) is 10.3 Å². The zero-order chi connectivity index (χ0) is 27.6. The molecule has 2 fully saturated rings. The highest BCUT2D eigenvalue weighted by atomic mass is 16.2. The number of nitrogens with zero attached hydrogens (tertiary/aromatic N) is 5. The van der Waals surface area contributed by atoms with E-state index in [9.17, 15) is 14.4 Å². The molecular weight excluding hydrogens is 504 g/mol. The van der Waals surface area contributed by atoms with Crippen molar-refractivity contribution in [1.29, 1.82) is 0 Å². The van der Waals surface area contributed by atoms with Crippen LogP contribution in [0.1, 0.15) is 22.7 Å². The van der Waals surface area contributed by atoms with Gasteiger partial charge in [0.15, 0.2) is 0 Å². The van der Waals surface area contributed by atoms with Crippen LogP contribution in [0.2, 0.25) is 0 Å². The van der Waals surface area contributed by atoms with Crippen molar-refractivity contribution in [2.24, 2.45) is 0 Å². The molecule has 2 saturated heterocycles. The van der Waals surface area contributed by atoms with Crippen LogP contribution in [0.25, 0.3) is 10.9 Å². The number of hydrogen-bond donors (Lipinski definition) is 1. The molecule has 0 saturated carbocycles. The highest BCUT2D eigenvalue weighted by Gasteiger charge is 2.52. The number of benzene rings is 3. The largest absolute Gasteiger partial charge is 0.333 e. The van der Waals surface area contributed by atoms with E-state index >= 15 is 0 Å². The van der Waals surface area contributed by atoms with Crippen molar-refractivity contribution in [3.05, 3.63) is 114 Å². The van der Waals surface area contributed by atoms with Crippen LogP contribution in [0.3, 0.4) is 0 Å². The highest BCUT2D eigenvalue weighted by molar-refractivity contribution is 5.92. The first kappa shape index (κ1) is 25.5. The number of amides is 4. The Morgan fingerprint density at radius 2 is 1.70 bits per heavy atom. The fourth-order valence-corrected chi connectivity index (χ4v) is 5.54. The van der Waals surface area contributed by atoms with E-state index in [4.69, 9.17) is 0 Å². The number of fused-ring (bicyclic) bond motifs is 2. The van der Waals surface area contributed by atoms with Crippen molar-refractivity contribution in [3.63, 3.8) is 0 Å². The number of carbonyl (C=O) groups excluding carboxylic acids is 3. The molecule has 202 valence electrons. The molecule has 40 heavy (non-hydrogen) atoms. The van der Waals surface area contributed by atoms with Crippen molar-refractivity contribution < 1.29 is 14.4 Å². The Kier molecular flexibility index (Phi) is 6.88. The Morgan fingerprint density at radius 3 is 2.48 bits per heavy atom. The van der Waals surface area contributed by atoms with Gasteiger partial charge in [-0.05, 0) is 28.8 Å². The van der Waals surface area contributed by atoms with E-state index in [0.717, 1.165) is 27.6 Å². The number of hydrazine groups is 1. The van der Waals surface area contributed by atoms with E-state index < -0.39 is 12.2 Å². The van der Waals surface area contributed by atoms with Crippen molar-refractivity contribution in [2.75, 3.05) is 20.1 Å². The molecule has 3 aromatic carbocycles. The van der Waals surface area contributed by atoms with Gasteiger partial charge in [-0.1, -0.05) is 78.9 Å². The maximum absolute atomic E-state index is 14.0. The van der Waals surface area contributed by atoms with E-state index in [-0.39, 0.29) is 30.9 Å². The third-order valence-corrected chi connectivity index (χ3v) is 7.58. The van der Waals surface area contributed by atoms with Crippen LogP contribution in [0.15, 0.2) is 97.2 Å². The summed E-state index contributed by atoms with van der Waals surface area (Å²) in [5.74, 6) is -0.334. The Balaban J connectivity index is 1.28. The second kappa shape index (κ2) is 10.8. The van der Waals surface area contributed by atoms with Crippen LogP contribution in [0.4, 0.5) is 4.79 Å². The summed E-state index contributed by atoms with van der Waals surface area (Å²) in [4.78, 5) is 48.4.